The zero-order chi connectivity index (χ0) is 25.0. The summed E-state index contributed by atoms with van der Waals surface area (Å²) in [7, 11) is 0. The van der Waals surface area contributed by atoms with Gasteiger partial charge in [-0.05, 0) is 56.2 Å². The van der Waals surface area contributed by atoms with E-state index in [4.69, 9.17) is 14.2 Å². The predicted octanol–water partition coefficient (Wildman–Crippen LogP) is 4.91. The van der Waals surface area contributed by atoms with Crippen molar-refractivity contribution < 1.29 is 23.7 Å². The molecule has 0 bridgehead atoms. The molecule has 2 N–H and O–H groups in total. The van der Waals surface area contributed by atoms with Crippen LogP contribution in [0.2, 0.25) is 0 Å². The number of nitrogens with zero attached hydrogens (tertiary/aromatic N) is 3. The molecule has 0 amide bonds. The van der Waals surface area contributed by atoms with Crippen molar-refractivity contribution in [3.8, 4) is 11.1 Å². The minimum atomic E-state index is -0.707. The van der Waals surface area contributed by atoms with Gasteiger partial charge in [0.25, 0.3) is 0 Å². The molecule has 2 aliphatic heterocycles. The van der Waals surface area contributed by atoms with Crippen molar-refractivity contribution in [3.05, 3.63) is 72.4 Å². The molecular weight excluding hydrogens is 463 g/mol. The Morgan fingerprint density at radius 3 is 2.47 bits per heavy atom. The van der Waals surface area contributed by atoms with E-state index < -0.39 is 12.0 Å². The first-order valence-corrected chi connectivity index (χ1v) is 11.9. The molecule has 4 atom stereocenters. The van der Waals surface area contributed by atoms with Gasteiger partial charge in [0.15, 0.2) is 12.0 Å². The van der Waals surface area contributed by atoms with Gasteiger partial charge in [0.1, 0.15) is 35.8 Å². The SMILES string of the molecule is C[C@H]1O[C@@H](n2cc(-c3ccc(CO)cc3)c3c(Nc4ccc(F)cc4)ncnc32)[C@@H]2OC(C)(C)O[C@@H]21. The maximum atomic E-state index is 13.5. The van der Waals surface area contributed by atoms with Gasteiger partial charge >= 0.3 is 0 Å². The van der Waals surface area contributed by atoms with Crippen molar-refractivity contribution in [1.82, 2.24) is 14.5 Å². The van der Waals surface area contributed by atoms with Crippen molar-refractivity contribution in [1.29, 1.82) is 0 Å². The fraction of sp³-hybridized carbons (Fsp3) is 0.333. The summed E-state index contributed by atoms with van der Waals surface area (Å²) in [6.45, 7) is 5.76. The van der Waals surface area contributed by atoms with Gasteiger partial charge in [-0.2, -0.15) is 0 Å². The van der Waals surface area contributed by atoms with Crippen molar-refractivity contribution >= 4 is 22.5 Å². The summed E-state index contributed by atoms with van der Waals surface area (Å²) < 4.78 is 34.2. The summed E-state index contributed by atoms with van der Waals surface area (Å²) in [4.78, 5) is 9.16. The van der Waals surface area contributed by atoms with Crippen LogP contribution in [0, 0.1) is 5.82 Å². The third-order valence-corrected chi connectivity index (χ3v) is 6.70. The standard InChI is InChI=1S/C27H27FN4O4/c1-15-22-23(36-27(2,3)35-22)26(34-15)32-12-20(17-6-4-16(13-33)5-7-17)21-24(29-14-30-25(21)32)31-19-10-8-18(28)9-11-19/h4-12,14-15,22-23,26,33H,13H2,1-3H3,(H,29,30,31)/t15-,22-,23-,26-/m1/s1. The fourth-order valence-corrected chi connectivity index (χ4v) is 5.05. The average molecular weight is 491 g/mol. The Kier molecular flexibility index (Phi) is 5.53. The van der Waals surface area contributed by atoms with Crippen LogP contribution in [0.25, 0.3) is 22.2 Å². The molecule has 0 radical (unpaired) electrons. The van der Waals surface area contributed by atoms with Gasteiger partial charge < -0.3 is 29.2 Å². The van der Waals surface area contributed by atoms with Crippen molar-refractivity contribution in [3.63, 3.8) is 0 Å². The molecule has 8 nitrogen and oxygen atoms in total. The minimum absolute atomic E-state index is 0.0352. The lowest BCUT2D eigenvalue weighted by molar-refractivity contribution is -0.194. The fourth-order valence-electron chi connectivity index (χ4n) is 5.05. The maximum Gasteiger partial charge on any atom is 0.164 e. The summed E-state index contributed by atoms with van der Waals surface area (Å²) in [5.41, 5.74) is 4.00. The van der Waals surface area contributed by atoms with Crippen molar-refractivity contribution in [2.24, 2.45) is 0 Å². The Morgan fingerprint density at radius 1 is 1.03 bits per heavy atom. The van der Waals surface area contributed by atoms with Gasteiger partial charge in [0.2, 0.25) is 0 Å². The Bertz CT molecular complexity index is 1400. The normalized spacial score (nSPS) is 24.8. The molecule has 0 unspecified atom stereocenters. The molecule has 9 heteroatoms. The summed E-state index contributed by atoms with van der Waals surface area (Å²) in [6, 6.07) is 13.8. The maximum absolute atomic E-state index is 13.5. The Labute approximate surface area is 207 Å². The molecular formula is C27H27FN4O4. The molecule has 4 heterocycles. The van der Waals surface area contributed by atoms with Crippen LogP contribution < -0.4 is 5.32 Å². The van der Waals surface area contributed by atoms with Gasteiger partial charge in [0.05, 0.1) is 18.1 Å². The number of ether oxygens (including phenoxy) is 3. The van der Waals surface area contributed by atoms with E-state index in [-0.39, 0.29) is 30.7 Å². The van der Waals surface area contributed by atoms with Gasteiger partial charge in [-0.1, -0.05) is 24.3 Å². The van der Waals surface area contributed by atoms with E-state index in [1.165, 1.54) is 18.5 Å². The second-order valence-electron chi connectivity index (χ2n) is 9.65. The number of aliphatic hydroxyl groups is 1. The van der Waals surface area contributed by atoms with E-state index >= 15 is 0 Å². The largest absolute Gasteiger partial charge is 0.392 e. The van der Waals surface area contributed by atoms with E-state index in [0.717, 1.165) is 22.1 Å². The lowest BCUT2D eigenvalue weighted by atomic mass is 10.0. The van der Waals surface area contributed by atoms with Gasteiger partial charge in [-0.3, -0.25) is 0 Å². The highest BCUT2D eigenvalue weighted by Crippen LogP contribution is 2.45. The summed E-state index contributed by atoms with van der Waals surface area (Å²) in [5, 5.41) is 13.6. The Hall–Kier alpha value is -3.37. The third-order valence-electron chi connectivity index (χ3n) is 6.70. The number of halogens is 1. The number of hydrogen-bond acceptors (Lipinski definition) is 7. The number of benzene rings is 2. The van der Waals surface area contributed by atoms with E-state index in [0.29, 0.717) is 17.2 Å². The predicted molar refractivity (Wildman–Crippen MR) is 132 cm³/mol. The minimum Gasteiger partial charge on any atom is -0.392 e. The third kappa shape index (κ3) is 3.94. The first kappa shape index (κ1) is 23.1. The molecule has 2 aromatic heterocycles. The van der Waals surface area contributed by atoms with E-state index in [2.05, 4.69) is 15.3 Å². The lowest BCUT2D eigenvalue weighted by Crippen LogP contribution is -2.27. The number of fused-ring (bicyclic) bond motifs is 2. The van der Waals surface area contributed by atoms with Crippen molar-refractivity contribution in [2.75, 3.05) is 5.32 Å². The smallest absolute Gasteiger partial charge is 0.164 e. The molecule has 2 aliphatic rings. The van der Waals surface area contributed by atoms with E-state index in [1.54, 1.807) is 12.1 Å². The summed E-state index contributed by atoms with van der Waals surface area (Å²) in [5.74, 6) is -0.437. The monoisotopic (exact) mass is 490 g/mol. The van der Waals surface area contributed by atoms with Crippen LogP contribution in [0.15, 0.2) is 61.1 Å². The first-order valence-electron chi connectivity index (χ1n) is 11.9. The average Bonchev–Trinajstić information content (AvgIpc) is 3.50. The second-order valence-corrected chi connectivity index (χ2v) is 9.65. The van der Waals surface area contributed by atoms with Crippen LogP contribution in [0.4, 0.5) is 15.9 Å². The van der Waals surface area contributed by atoms with Crippen LogP contribution in [0.1, 0.15) is 32.6 Å². The van der Waals surface area contributed by atoms with E-state index in [1.807, 2.05) is 55.8 Å². The molecule has 2 aromatic carbocycles. The van der Waals surface area contributed by atoms with E-state index in [9.17, 15) is 9.50 Å². The first-order chi connectivity index (χ1) is 17.3. The molecule has 6 rings (SSSR count). The molecule has 2 fully saturated rings. The van der Waals surface area contributed by atoms with Crippen LogP contribution >= 0.6 is 0 Å². The number of anilines is 2. The zero-order valence-electron chi connectivity index (χ0n) is 20.2. The second kappa shape index (κ2) is 8.63. The number of rotatable bonds is 5. The highest BCUT2D eigenvalue weighted by atomic mass is 19.1. The van der Waals surface area contributed by atoms with Gasteiger partial charge in [0, 0.05) is 17.4 Å². The summed E-state index contributed by atoms with van der Waals surface area (Å²) in [6.07, 6.45) is 2.37. The molecule has 186 valence electrons. The highest BCUT2D eigenvalue weighted by Gasteiger charge is 2.54. The number of hydrogen-bond donors (Lipinski definition) is 2. The lowest BCUT2D eigenvalue weighted by Gasteiger charge is -2.24. The number of aliphatic hydroxyl groups excluding tert-OH is 1. The highest BCUT2D eigenvalue weighted by molar-refractivity contribution is 6.02. The van der Waals surface area contributed by atoms with Crippen LogP contribution in [-0.2, 0) is 20.8 Å². The molecule has 4 aromatic rings. The molecule has 0 saturated carbocycles. The molecule has 0 spiro atoms. The van der Waals surface area contributed by atoms with Crippen molar-refractivity contribution in [2.45, 2.75) is 57.7 Å². The molecule has 0 aliphatic carbocycles. The number of nitrogens with one attached hydrogen (secondary N) is 1. The van der Waals surface area contributed by atoms with Gasteiger partial charge in [-0.25, -0.2) is 14.4 Å². The molecule has 2 saturated heterocycles. The number of aromatic nitrogens is 3. The Balaban J connectivity index is 1.50. The topological polar surface area (TPSA) is 90.7 Å². The summed E-state index contributed by atoms with van der Waals surface area (Å²) >= 11 is 0. The van der Waals surface area contributed by atoms with Gasteiger partial charge in [-0.15, -0.1) is 0 Å². The Morgan fingerprint density at radius 2 is 1.75 bits per heavy atom. The quantitative estimate of drug-likeness (QED) is 0.411. The molecule has 36 heavy (non-hydrogen) atoms. The van der Waals surface area contributed by atoms with Crippen LogP contribution in [-0.4, -0.2) is 43.7 Å². The zero-order valence-corrected chi connectivity index (χ0v) is 20.2. The van der Waals surface area contributed by atoms with Crippen LogP contribution in [0.5, 0.6) is 0 Å². The van der Waals surface area contributed by atoms with Crippen LogP contribution in [0.3, 0.4) is 0 Å².